The molecule has 33 heavy (non-hydrogen) atoms. The molecule has 9 heteroatoms. The van der Waals surface area contributed by atoms with Gasteiger partial charge in [0.05, 0.1) is 6.07 Å². The summed E-state index contributed by atoms with van der Waals surface area (Å²) in [6.45, 7) is 14.1. The van der Waals surface area contributed by atoms with Crippen LogP contribution in [-0.4, -0.2) is 52.3 Å². The average molecular weight is 477 g/mol. The van der Waals surface area contributed by atoms with E-state index in [4.69, 9.17) is 4.74 Å². The highest BCUT2D eigenvalue weighted by Crippen LogP contribution is 2.28. The summed E-state index contributed by atoms with van der Waals surface area (Å²) in [7, 11) is 0. The minimum Gasteiger partial charge on any atom is -0.444 e. The number of nitriles is 1. The van der Waals surface area contributed by atoms with Gasteiger partial charge in [-0.25, -0.2) is 4.79 Å². The van der Waals surface area contributed by atoms with E-state index in [1.54, 1.807) is 32.9 Å². The van der Waals surface area contributed by atoms with Crippen molar-refractivity contribution in [2.24, 2.45) is 0 Å². The topological polar surface area (TPSA) is 112 Å². The second-order valence-corrected chi connectivity index (χ2v) is 10.3. The van der Waals surface area contributed by atoms with Gasteiger partial charge >= 0.3 is 6.09 Å². The van der Waals surface area contributed by atoms with Gasteiger partial charge < -0.3 is 20.3 Å². The number of hydrogen-bond donors (Lipinski definition) is 3. The summed E-state index contributed by atoms with van der Waals surface area (Å²) in [6.07, 6.45) is -0.783. The van der Waals surface area contributed by atoms with Crippen LogP contribution >= 0.6 is 12.6 Å². The minimum absolute atomic E-state index is 0.0413. The lowest BCUT2D eigenvalue weighted by Gasteiger charge is -2.35. The monoisotopic (exact) mass is 476 g/mol. The first-order valence-corrected chi connectivity index (χ1v) is 11.4. The second kappa shape index (κ2) is 11.4. The van der Waals surface area contributed by atoms with Gasteiger partial charge in [0.1, 0.15) is 24.2 Å². The standard InChI is InChI=1S/C24H36N4O4S/c1-15-10-9-11-17(16(15)2)19(20(29)27-23(3,4)5)28(13-12-25)21(30)18(14-33)26-22(31)32-24(6,7)8/h9-11,18-19,33H,13-14H2,1-8H3,(H,26,31)(H,27,29). The number of hydrogen-bond acceptors (Lipinski definition) is 6. The van der Waals surface area contributed by atoms with E-state index in [-0.39, 0.29) is 12.3 Å². The molecule has 1 aromatic carbocycles. The van der Waals surface area contributed by atoms with Crippen molar-refractivity contribution < 1.29 is 19.1 Å². The maximum Gasteiger partial charge on any atom is 0.408 e. The second-order valence-electron chi connectivity index (χ2n) is 9.94. The molecule has 0 saturated carbocycles. The van der Waals surface area contributed by atoms with Crippen LogP contribution in [0, 0.1) is 25.2 Å². The first-order chi connectivity index (χ1) is 15.1. The Hall–Kier alpha value is -2.73. The summed E-state index contributed by atoms with van der Waals surface area (Å²) < 4.78 is 5.25. The van der Waals surface area contributed by atoms with E-state index in [2.05, 4.69) is 23.3 Å². The van der Waals surface area contributed by atoms with Gasteiger partial charge in [-0.1, -0.05) is 18.2 Å². The van der Waals surface area contributed by atoms with Crippen LogP contribution in [0.15, 0.2) is 18.2 Å². The Balaban J connectivity index is 3.47. The molecule has 3 amide bonds. The summed E-state index contributed by atoms with van der Waals surface area (Å²) in [5, 5.41) is 14.9. The van der Waals surface area contributed by atoms with Crippen molar-refractivity contribution in [1.29, 1.82) is 5.26 Å². The molecule has 0 spiro atoms. The highest BCUT2D eigenvalue weighted by molar-refractivity contribution is 7.80. The van der Waals surface area contributed by atoms with Crippen LogP contribution < -0.4 is 10.6 Å². The zero-order valence-electron chi connectivity index (χ0n) is 20.8. The third-order valence-electron chi connectivity index (χ3n) is 4.70. The number of alkyl carbamates (subject to hydrolysis) is 1. The number of benzene rings is 1. The number of aryl methyl sites for hydroxylation is 1. The van der Waals surface area contributed by atoms with Crippen LogP contribution in [0.5, 0.6) is 0 Å². The molecular formula is C24H36N4O4S. The predicted molar refractivity (Wildman–Crippen MR) is 131 cm³/mol. The lowest BCUT2D eigenvalue weighted by Crippen LogP contribution is -2.55. The van der Waals surface area contributed by atoms with Crippen LogP contribution in [0.4, 0.5) is 4.79 Å². The lowest BCUT2D eigenvalue weighted by molar-refractivity contribution is -0.142. The first kappa shape index (κ1) is 28.3. The molecule has 0 bridgehead atoms. The molecule has 2 N–H and O–H groups in total. The molecular weight excluding hydrogens is 440 g/mol. The summed E-state index contributed by atoms with van der Waals surface area (Å²) in [6, 6.07) is 5.30. The van der Waals surface area contributed by atoms with E-state index >= 15 is 0 Å². The van der Waals surface area contributed by atoms with Gasteiger partial charge in [-0.2, -0.15) is 17.9 Å². The molecule has 0 aliphatic heterocycles. The van der Waals surface area contributed by atoms with Crippen molar-refractivity contribution in [2.75, 3.05) is 12.3 Å². The maximum atomic E-state index is 13.5. The highest BCUT2D eigenvalue weighted by Gasteiger charge is 2.37. The van der Waals surface area contributed by atoms with Crippen LogP contribution in [0.25, 0.3) is 0 Å². The number of rotatable bonds is 7. The van der Waals surface area contributed by atoms with Crippen LogP contribution in [0.2, 0.25) is 0 Å². The lowest BCUT2D eigenvalue weighted by atomic mass is 9.94. The highest BCUT2D eigenvalue weighted by atomic mass is 32.1. The van der Waals surface area contributed by atoms with Crippen molar-refractivity contribution in [1.82, 2.24) is 15.5 Å². The molecule has 0 aliphatic carbocycles. The van der Waals surface area contributed by atoms with E-state index in [1.165, 1.54) is 4.90 Å². The smallest absolute Gasteiger partial charge is 0.408 e. The number of carbonyl (C=O) groups is 3. The van der Waals surface area contributed by atoms with Gasteiger partial charge in [0.15, 0.2) is 0 Å². The minimum atomic E-state index is -1.09. The van der Waals surface area contributed by atoms with E-state index in [1.807, 2.05) is 46.8 Å². The van der Waals surface area contributed by atoms with Gasteiger partial charge in [0.2, 0.25) is 11.8 Å². The Kier molecular flexibility index (Phi) is 9.79. The van der Waals surface area contributed by atoms with Crippen molar-refractivity contribution in [3.8, 4) is 6.07 Å². The molecule has 0 aliphatic rings. The van der Waals surface area contributed by atoms with Crippen molar-refractivity contribution in [3.05, 3.63) is 34.9 Å². The number of ether oxygens (including phenoxy) is 1. The fourth-order valence-electron chi connectivity index (χ4n) is 3.17. The Morgan fingerprint density at radius 3 is 2.24 bits per heavy atom. The summed E-state index contributed by atoms with van der Waals surface area (Å²) in [5.74, 6) is -1.07. The molecule has 0 saturated heterocycles. The molecule has 2 atom stereocenters. The van der Waals surface area contributed by atoms with Gasteiger partial charge in [0, 0.05) is 11.3 Å². The third kappa shape index (κ3) is 8.61. The Bertz CT molecular complexity index is 913. The normalized spacial score (nSPS) is 13.3. The average Bonchev–Trinajstić information content (AvgIpc) is 2.65. The van der Waals surface area contributed by atoms with E-state index < -0.39 is 41.1 Å². The van der Waals surface area contributed by atoms with Crippen LogP contribution in [0.1, 0.15) is 64.3 Å². The van der Waals surface area contributed by atoms with Crippen molar-refractivity contribution in [3.63, 3.8) is 0 Å². The van der Waals surface area contributed by atoms with Gasteiger partial charge in [-0.05, 0) is 72.1 Å². The number of nitrogens with one attached hydrogen (secondary N) is 2. The zero-order valence-corrected chi connectivity index (χ0v) is 21.7. The quantitative estimate of drug-likeness (QED) is 0.412. The van der Waals surface area contributed by atoms with Gasteiger partial charge in [-0.3, -0.25) is 9.59 Å². The van der Waals surface area contributed by atoms with Crippen molar-refractivity contribution >= 4 is 30.5 Å². The maximum absolute atomic E-state index is 13.5. The van der Waals surface area contributed by atoms with Gasteiger partial charge in [-0.15, -0.1) is 0 Å². The number of nitrogens with zero attached hydrogens (tertiary/aromatic N) is 2. The van der Waals surface area contributed by atoms with Gasteiger partial charge in [0.25, 0.3) is 0 Å². The molecule has 1 aromatic rings. The number of amides is 3. The summed E-state index contributed by atoms with van der Waals surface area (Å²) in [4.78, 5) is 40.4. The molecule has 8 nitrogen and oxygen atoms in total. The molecule has 182 valence electrons. The molecule has 1 rings (SSSR count). The molecule has 0 heterocycles. The van der Waals surface area contributed by atoms with Crippen molar-refractivity contribution in [2.45, 2.75) is 78.6 Å². The number of carbonyl (C=O) groups excluding carboxylic acids is 3. The first-order valence-electron chi connectivity index (χ1n) is 10.8. The summed E-state index contributed by atoms with van der Waals surface area (Å²) in [5.41, 5.74) is 1.07. The molecule has 2 unspecified atom stereocenters. The largest absolute Gasteiger partial charge is 0.444 e. The predicted octanol–water partition coefficient (Wildman–Crippen LogP) is 3.43. The van der Waals surface area contributed by atoms with E-state index in [0.29, 0.717) is 5.56 Å². The zero-order chi connectivity index (χ0) is 25.6. The Morgan fingerprint density at radius 2 is 1.76 bits per heavy atom. The Morgan fingerprint density at radius 1 is 1.15 bits per heavy atom. The summed E-state index contributed by atoms with van der Waals surface area (Å²) >= 11 is 4.22. The third-order valence-corrected chi connectivity index (χ3v) is 5.06. The van der Waals surface area contributed by atoms with Crippen LogP contribution in [-0.2, 0) is 14.3 Å². The molecule has 0 radical (unpaired) electrons. The fourth-order valence-corrected chi connectivity index (χ4v) is 3.41. The molecule has 0 fully saturated rings. The van der Waals surface area contributed by atoms with E-state index in [0.717, 1.165) is 11.1 Å². The Labute approximate surface area is 202 Å². The molecule has 0 aromatic heterocycles. The number of thiol groups is 1. The van der Waals surface area contributed by atoms with E-state index in [9.17, 15) is 19.6 Å². The fraction of sp³-hybridized carbons (Fsp3) is 0.583. The van der Waals surface area contributed by atoms with Crippen LogP contribution in [0.3, 0.4) is 0 Å². The SMILES string of the molecule is Cc1cccc(C(C(=O)NC(C)(C)C)N(CC#N)C(=O)C(CS)NC(=O)OC(C)(C)C)c1C.